The van der Waals surface area contributed by atoms with Gasteiger partial charge in [0, 0.05) is 23.4 Å². The predicted molar refractivity (Wildman–Crippen MR) is 95.4 cm³/mol. The molecule has 3 aromatic rings. The summed E-state index contributed by atoms with van der Waals surface area (Å²) < 4.78 is 2.09. The first-order chi connectivity index (χ1) is 12.1. The maximum absolute atomic E-state index is 12.4. The first-order valence-electron chi connectivity index (χ1n) is 8.32. The van der Waals surface area contributed by atoms with Crippen molar-refractivity contribution in [3.8, 4) is 16.9 Å². The largest absolute Gasteiger partial charge is 0.478 e. The Labute approximate surface area is 145 Å². The van der Waals surface area contributed by atoms with Crippen molar-refractivity contribution in [2.75, 3.05) is 0 Å². The van der Waals surface area contributed by atoms with Crippen molar-refractivity contribution in [2.24, 2.45) is 0 Å². The fourth-order valence-electron chi connectivity index (χ4n) is 3.46. The van der Waals surface area contributed by atoms with Crippen molar-refractivity contribution in [1.29, 1.82) is 0 Å². The third-order valence-corrected chi connectivity index (χ3v) is 4.66. The number of rotatable bonds is 3. The van der Waals surface area contributed by atoms with Crippen LogP contribution in [0.4, 0.5) is 0 Å². The van der Waals surface area contributed by atoms with Gasteiger partial charge in [-0.1, -0.05) is 30.3 Å². The van der Waals surface area contributed by atoms with E-state index >= 15 is 0 Å². The SMILES string of the molecule is O=C(O)c1ccc(-n2c(-c3ccccc3)cc3c2CCCC3=O)cc1. The predicted octanol–water partition coefficient (Wildman–Crippen LogP) is 4.36. The Morgan fingerprint density at radius 2 is 1.68 bits per heavy atom. The lowest BCUT2D eigenvalue weighted by atomic mass is 9.96. The highest BCUT2D eigenvalue weighted by Gasteiger charge is 2.25. The lowest BCUT2D eigenvalue weighted by molar-refractivity contribution is 0.0696. The molecule has 1 aromatic heterocycles. The third kappa shape index (κ3) is 2.66. The van der Waals surface area contributed by atoms with Crippen molar-refractivity contribution in [1.82, 2.24) is 4.57 Å². The second kappa shape index (κ2) is 6.06. The van der Waals surface area contributed by atoms with Crippen molar-refractivity contribution in [2.45, 2.75) is 19.3 Å². The number of hydrogen-bond acceptors (Lipinski definition) is 2. The van der Waals surface area contributed by atoms with Gasteiger partial charge >= 0.3 is 5.97 Å². The Kier molecular flexibility index (Phi) is 3.73. The summed E-state index contributed by atoms with van der Waals surface area (Å²) in [6, 6.07) is 18.7. The second-order valence-corrected chi connectivity index (χ2v) is 6.22. The molecule has 0 unspecified atom stereocenters. The van der Waals surface area contributed by atoms with Crippen LogP contribution in [0.25, 0.3) is 16.9 Å². The van der Waals surface area contributed by atoms with Crippen LogP contribution >= 0.6 is 0 Å². The second-order valence-electron chi connectivity index (χ2n) is 6.22. The summed E-state index contributed by atoms with van der Waals surface area (Å²) in [6.45, 7) is 0. The number of aromatic carboxylic acids is 1. The van der Waals surface area contributed by atoms with Crippen molar-refractivity contribution >= 4 is 11.8 Å². The molecular weight excluding hydrogens is 314 g/mol. The molecule has 1 heterocycles. The normalized spacial score (nSPS) is 13.5. The number of carbonyl (C=O) groups is 2. The fraction of sp³-hybridized carbons (Fsp3) is 0.143. The number of Topliss-reactive ketones (excluding diaryl/α,β-unsaturated/α-hetero) is 1. The van der Waals surface area contributed by atoms with Gasteiger partial charge in [0.25, 0.3) is 0 Å². The fourth-order valence-corrected chi connectivity index (χ4v) is 3.46. The molecule has 4 heteroatoms. The van der Waals surface area contributed by atoms with Crippen LogP contribution in [0.2, 0.25) is 0 Å². The Balaban J connectivity index is 1.93. The summed E-state index contributed by atoms with van der Waals surface area (Å²) in [5, 5.41) is 9.11. The molecule has 4 rings (SSSR count). The molecule has 0 bridgehead atoms. The number of carboxylic acid groups (broad SMARTS) is 1. The zero-order chi connectivity index (χ0) is 17.4. The van der Waals surface area contributed by atoms with Crippen molar-refractivity contribution < 1.29 is 14.7 Å². The van der Waals surface area contributed by atoms with Gasteiger partial charge in [-0.05, 0) is 48.7 Å². The highest BCUT2D eigenvalue weighted by atomic mass is 16.4. The van der Waals surface area contributed by atoms with Crippen LogP contribution in [-0.4, -0.2) is 21.4 Å². The Morgan fingerprint density at radius 1 is 0.960 bits per heavy atom. The highest BCUT2D eigenvalue weighted by molar-refractivity contribution is 6.00. The van der Waals surface area contributed by atoms with Gasteiger partial charge < -0.3 is 9.67 Å². The summed E-state index contributed by atoms with van der Waals surface area (Å²) in [5.74, 6) is -0.765. The van der Waals surface area contributed by atoms with Crippen LogP contribution in [-0.2, 0) is 6.42 Å². The van der Waals surface area contributed by atoms with Gasteiger partial charge in [-0.3, -0.25) is 4.79 Å². The van der Waals surface area contributed by atoms with E-state index in [1.807, 2.05) is 36.4 Å². The summed E-state index contributed by atoms with van der Waals surface area (Å²) in [5.41, 5.74) is 4.92. The number of benzene rings is 2. The Hall–Kier alpha value is -3.14. The smallest absolute Gasteiger partial charge is 0.335 e. The van der Waals surface area contributed by atoms with Gasteiger partial charge in [-0.2, -0.15) is 0 Å². The molecule has 124 valence electrons. The minimum Gasteiger partial charge on any atom is -0.478 e. The molecule has 4 nitrogen and oxygen atoms in total. The molecule has 0 amide bonds. The Morgan fingerprint density at radius 3 is 2.36 bits per heavy atom. The molecule has 25 heavy (non-hydrogen) atoms. The number of nitrogens with zero attached hydrogens (tertiary/aromatic N) is 1. The molecule has 0 spiro atoms. The summed E-state index contributed by atoms with van der Waals surface area (Å²) >= 11 is 0. The minimum absolute atomic E-state index is 0.180. The average Bonchev–Trinajstić information content (AvgIpc) is 3.03. The molecule has 0 radical (unpaired) electrons. The summed E-state index contributed by atoms with van der Waals surface area (Å²) in [7, 11) is 0. The maximum Gasteiger partial charge on any atom is 0.335 e. The number of aromatic nitrogens is 1. The van der Waals surface area contributed by atoms with E-state index in [2.05, 4.69) is 4.57 Å². The van der Waals surface area contributed by atoms with Crippen molar-refractivity contribution in [3.05, 3.63) is 77.5 Å². The lowest BCUT2D eigenvalue weighted by Gasteiger charge is -2.17. The number of fused-ring (bicyclic) bond motifs is 1. The molecular formula is C21H17NO3. The third-order valence-electron chi connectivity index (χ3n) is 4.66. The molecule has 0 saturated heterocycles. The van der Waals surface area contributed by atoms with Crippen LogP contribution in [0.5, 0.6) is 0 Å². The van der Waals surface area contributed by atoms with Crippen LogP contribution in [0.1, 0.15) is 39.3 Å². The van der Waals surface area contributed by atoms with E-state index in [0.29, 0.717) is 6.42 Å². The highest BCUT2D eigenvalue weighted by Crippen LogP contribution is 2.33. The molecule has 0 atom stereocenters. The van der Waals surface area contributed by atoms with Gasteiger partial charge in [-0.25, -0.2) is 4.79 Å². The molecule has 0 fully saturated rings. The first-order valence-corrected chi connectivity index (χ1v) is 8.32. The zero-order valence-electron chi connectivity index (χ0n) is 13.6. The van der Waals surface area contributed by atoms with Gasteiger partial charge in [0.2, 0.25) is 0 Å². The quantitative estimate of drug-likeness (QED) is 0.775. The average molecular weight is 331 g/mol. The number of carboxylic acids is 1. The number of ketones is 1. The first kappa shape index (κ1) is 15.4. The van der Waals surface area contributed by atoms with E-state index in [9.17, 15) is 9.59 Å². The van der Waals surface area contributed by atoms with Crippen molar-refractivity contribution in [3.63, 3.8) is 0 Å². The standard InChI is InChI=1S/C21H17NO3/c23-20-8-4-7-18-17(20)13-19(14-5-2-1-3-6-14)22(18)16-11-9-15(10-12-16)21(24)25/h1-3,5-6,9-13H,4,7-8H2,(H,24,25). The molecule has 0 aliphatic heterocycles. The molecule has 1 N–H and O–H groups in total. The lowest BCUT2D eigenvalue weighted by Crippen LogP contribution is -2.12. The van der Waals surface area contributed by atoms with Crippen LogP contribution < -0.4 is 0 Å². The van der Waals surface area contributed by atoms with Gasteiger partial charge in [0.05, 0.1) is 11.3 Å². The van der Waals surface area contributed by atoms with E-state index in [1.165, 1.54) is 0 Å². The Bertz CT molecular complexity index is 953. The molecule has 1 aliphatic rings. The van der Waals surface area contributed by atoms with E-state index in [0.717, 1.165) is 41.0 Å². The van der Waals surface area contributed by atoms with Gasteiger partial charge in [0.1, 0.15) is 0 Å². The zero-order valence-corrected chi connectivity index (χ0v) is 13.6. The van der Waals surface area contributed by atoms with E-state index in [1.54, 1.807) is 24.3 Å². The monoisotopic (exact) mass is 331 g/mol. The number of carbonyl (C=O) groups excluding carboxylic acids is 1. The van der Waals surface area contributed by atoms with Gasteiger partial charge in [-0.15, -0.1) is 0 Å². The minimum atomic E-state index is -0.945. The van der Waals surface area contributed by atoms with E-state index in [-0.39, 0.29) is 11.3 Å². The molecule has 2 aromatic carbocycles. The summed E-state index contributed by atoms with van der Waals surface area (Å²) in [4.78, 5) is 23.5. The number of hydrogen-bond donors (Lipinski definition) is 1. The summed E-state index contributed by atoms with van der Waals surface area (Å²) in [6.07, 6.45) is 2.27. The van der Waals surface area contributed by atoms with E-state index < -0.39 is 5.97 Å². The topological polar surface area (TPSA) is 59.3 Å². The van der Waals surface area contributed by atoms with Crippen LogP contribution in [0, 0.1) is 0 Å². The van der Waals surface area contributed by atoms with Crippen LogP contribution in [0.3, 0.4) is 0 Å². The van der Waals surface area contributed by atoms with Crippen LogP contribution in [0.15, 0.2) is 60.7 Å². The molecule has 1 aliphatic carbocycles. The van der Waals surface area contributed by atoms with E-state index in [4.69, 9.17) is 5.11 Å². The maximum atomic E-state index is 12.4. The van der Waals surface area contributed by atoms with Gasteiger partial charge in [0.15, 0.2) is 5.78 Å². The molecule has 0 saturated carbocycles.